The fourth-order valence-corrected chi connectivity index (χ4v) is 2.10. The van der Waals surface area contributed by atoms with E-state index in [0.717, 1.165) is 18.5 Å². The Morgan fingerprint density at radius 3 is 2.50 bits per heavy atom. The summed E-state index contributed by atoms with van der Waals surface area (Å²) in [5.41, 5.74) is 2.31. The Morgan fingerprint density at radius 2 is 1.90 bits per heavy atom. The zero-order valence-corrected chi connectivity index (χ0v) is 12.4. The molecule has 0 aliphatic carbocycles. The average molecular weight is 273 g/mol. The lowest BCUT2D eigenvalue weighted by Gasteiger charge is -2.13. The molecule has 1 aromatic heterocycles. The summed E-state index contributed by atoms with van der Waals surface area (Å²) >= 11 is 0. The Hall–Kier alpha value is -1.97. The van der Waals surface area contributed by atoms with Gasteiger partial charge in [-0.3, -0.25) is 4.68 Å². The minimum absolute atomic E-state index is 0.320. The number of benzene rings is 1. The largest absolute Gasteiger partial charge is 0.508 e. The molecule has 1 atom stereocenters. The first-order valence-corrected chi connectivity index (χ1v) is 7.13. The molecule has 1 heterocycles. The molecule has 0 saturated carbocycles. The van der Waals surface area contributed by atoms with E-state index in [2.05, 4.69) is 31.2 Å². The van der Waals surface area contributed by atoms with Crippen LogP contribution in [0.1, 0.15) is 38.8 Å². The van der Waals surface area contributed by atoms with Crippen molar-refractivity contribution in [3.63, 3.8) is 0 Å². The van der Waals surface area contributed by atoms with Gasteiger partial charge in [0.15, 0.2) is 0 Å². The number of phenolic OH excluding ortho intramolecular Hbond substituents is 1. The smallest absolute Gasteiger partial charge is 0.115 e. The summed E-state index contributed by atoms with van der Waals surface area (Å²) < 4.78 is 1.95. The summed E-state index contributed by atoms with van der Waals surface area (Å²) in [6.45, 7) is 6.41. The number of phenols is 1. The van der Waals surface area contributed by atoms with E-state index in [1.165, 1.54) is 5.56 Å². The molecule has 2 rings (SSSR count). The molecule has 0 saturated heterocycles. The molecule has 20 heavy (non-hydrogen) atoms. The van der Waals surface area contributed by atoms with Gasteiger partial charge in [0, 0.05) is 18.3 Å². The van der Waals surface area contributed by atoms with Crippen molar-refractivity contribution in [3.05, 3.63) is 42.2 Å². The molecular formula is C16H23N3O. The Bertz CT molecular complexity index is 531. The van der Waals surface area contributed by atoms with Crippen molar-refractivity contribution in [2.75, 3.05) is 5.32 Å². The van der Waals surface area contributed by atoms with Crippen molar-refractivity contribution in [1.29, 1.82) is 0 Å². The highest BCUT2D eigenvalue weighted by Crippen LogP contribution is 2.15. The second-order valence-corrected chi connectivity index (χ2v) is 5.55. The lowest BCUT2D eigenvalue weighted by Crippen LogP contribution is -2.15. The lowest BCUT2D eigenvalue weighted by atomic mass is 10.1. The van der Waals surface area contributed by atoms with Gasteiger partial charge in [0.2, 0.25) is 0 Å². The van der Waals surface area contributed by atoms with Gasteiger partial charge in [-0.25, -0.2) is 0 Å². The first-order valence-electron chi connectivity index (χ1n) is 7.13. The third-order valence-electron chi connectivity index (χ3n) is 3.35. The SMILES string of the molecule is CC(CCc1ccc(O)cc1)Nc1cnn(C(C)C)c1. The first kappa shape index (κ1) is 14.4. The van der Waals surface area contributed by atoms with E-state index in [9.17, 15) is 5.11 Å². The molecule has 4 heteroatoms. The van der Waals surface area contributed by atoms with E-state index >= 15 is 0 Å². The van der Waals surface area contributed by atoms with Crippen molar-refractivity contribution in [1.82, 2.24) is 9.78 Å². The second kappa shape index (κ2) is 6.46. The molecule has 4 nitrogen and oxygen atoms in total. The van der Waals surface area contributed by atoms with E-state index in [0.29, 0.717) is 17.8 Å². The van der Waals surface area contributed by atoms with Crippen LogP contribution in [-0.2, 0) is 6.42 Å². The molecule has 1 aromatic carbocycles. The maximum atomic E-state index is 9.25. The van der Waals surface area contributed by atoms with Gasteiger partial charge in [-0.05, 0) is 51.3 Å². The van der Waals surface area contributed by atoms with Crippen LogP contribution in [0.3, 0.4) is 0 Å². The standard InChI is InChI=1S/C16H23N3O/c1-12(2)19-11-15(10-17-19)18-13(3)4-5-14-6-8-16(20)9-7-14/h6-13,18,20H,4-5H2,1-3H3. The lowest BCUT2D eigenvalue weighted by molar-refractivity contribution is 0.475. The molecule has 108 valence electrons. The highest BCUT2D eigenvalue weighted by molar-refractivity contribution is 5.39. The Morgan fingerprint density at radius 1 is 1.20 bits per heavy atom. The summed E-state index contributed by atoms with van der Waals surface area (Å²) in [5.74, 6) is 0.320. The van der Waals surface area contributed by atoms with Gasteiger partial charge in [-0.15, -0.1) is 0 Å². The van der Waals surface area contributed by atoms with Crippen LogP contribution in [0.15, 0.2) is 36.7 Å². The maximum absolute atomic E-state index is 9.25. The topological polar surface area (TPSA) is 50.1 Å². The molecular weight excluding hydrogens is 250 g/mol. The predicted molar refractivity (Wildman–Crippen MR) is 82.1 cm³/mol. The van der Waals surface area contributed by atoms with Gasteiger partial charge in [-0.1, -0.05) is 12.1 Å². The molecule has 0 aliphatic heterocycles. The Kier molecular flexibility index (Phi) is 4.66. The van der Waals surface area contributed by atoms with Crippen LogP contribution in [0.25, 0.3) is 0 Å². The number of anilines is 1. The third-order valence-corrected chi connectivity index (χ3v) is 3.35. The molecule has 0 spiro atoms. The van der Waals surface area contributed by atoms with Crippen molar-refractivity contribution in [2.45, 2.75) is 45.7 Å². The van der Waals surface area contributed by atoms with Crippen molar-refractivity contribution < 1.29 is 5.11 Å². The van der Waals surface area contributed by atoms with E-state index in [-0.39, 0.29) is 0 Å². The number of nitrogens with zero attached hydrogens (tertiary/aromatic N) is 2. The maximum Gasteiger partial charge on any atom is 0.115 e. The number of rotatable bonds is 6. The monoisotopic (exact) mass is 273 g/mol. The molecule has 0 fully saturated rings. The van der Waals surface area contributed by atoms with Gasteiger partial charge in [-0.2, -0.15) is 5.10 Å². The number of hydrogen-bond donors (Lipinski definition) is 2. The zero-order valence-electron chi connectivity index (χ0n) is 12.4. The second-order valence-electron chi connectivity index (χ2n) is 5.55. The normalized spacial score (nSPS) is 12.6. The van der Waals surface area contributed by atoms with Gasteiger partial charge in [0.05, 0.1) is 11.9 Å². The molecule has 0 amide bonds. The molecule has 2 N–H and O–H groups in total. The van der Waals surface area contributed by atoms with Crippen LogP contribution in [-0.4, -0.2) is 20.9 Å². The number of aromatic nitrogens is 2. The van der Waals surface area contributed by atoms with Crippen LogP contribution >= 0.6 is 0 Å². The average Bonchev–Trinajstić information content (AvgIpc) is 2.87. The summed E-state index contributed by atoms with van der Waals surface area (Å²) in [6, 6.07) is 8.18. The Labute approximate surface area is 120 Å². The van der Waals surface area contributed by atoms with E-state index in [4.69, 9.17) is 0 Å². The third kappa shape index (κ3) is 4.02. The van der Waals surface area contributed by atoms with Crippen molar-refractivity contribution >= 4 is 5.69 Å². The van der Waals surface area contributed by atoms with Crippen LogP contribution in [0.4, 0.5) is 5.69 Å². The van der Waals surface area contributed by atoms with E-state index < -0.39 is 0 Å². The fourth-order valence-electron chi connectivity index (χ4n) is 2.10. The minimum atomic E-state index is 0.320. The summed E-state index contributed by atoms with van der Waals surface area (Å²) in [6.07, 6.45) is 5.95. The van der Waals surface area contributed by atoms with Crippen molar-refractivity contribution in [3.8, 4) is 5.75 Å². The highest BCUT2D eigenvalue weighted by Gasteiger charge is 2.06. The molecule has 0 radical (unpaired) electrons. The number of hydrogen-bond acceptors (Lipinski definition) is 3. The molecule has 2 aromatic rings. The van der Waals surface area contributed by atoms with Crippen LogP contribution in [0.5, 0.6) is 5.75 Å². The molecule has 1 unspecified atom stereocenters. The minimum Gasteiger partial charge on any atom is -0.508 e. The van der Waals surface area contributed by atoms with Gasteiger partial charge in [0.1, 0.15) is 5.75 Å². The van der Waals surface area contributed by atoms with E-state index in [1.54, 1.807) is 12.1 Å². The van der Waals surface area contributed by atoms with Gasteiger partial charge in [0.25, 0.3) is 0 Å². The highest BCUT2D eigenvalue weighted by atomic mass is 16.3. The number of nitrogens with one attached hydrogen (secondary N) is 1. The molecule has 0 bridgehead atoms. The Balaban J connectivity index is 1.82. The number of aryl methyl sites for hydroxylation is 1. The quantitative estimate of drug-likeness (QED) is 0.845. The van der Waals surface area contributed by atoms with E-state index in [1.807, 2.05) is 29.2 Å². The van der Waals surface area contributed by atoms with Crippen molar-refractivity contribution in [2.24, 2.45) is 0 Å². The van der Waals surface area contributed by atoms with Crippen LogP contribution in [0, 0.1) is 0 Å². The van der Waals surface area contributed by atoms with Crippen LogP contribution in [0.2, 0.25) is 0 Å². The summed E-state index contributed by atoms with van der Waals surface area (Å²) in [7, 11) is 0. The zero-order chi connectivity index (χ0) is 14.5. The summed E-state index contributed by atoms with van der Waals surface area (Å²) in [4.78, 5) is 0. The first-order chi connectivity index (χ1) is 9.54. The predicted octanol–water partition coefficient (Wildman–Crippen LogP) is 3.60. The number of aromatic hydroxyl groups is 1. The fraction of sp³-hybridized carbons (Fsp3) is 0.438. The van der Waals surface area contributed by atoms with Crippen LogP contribution < -0.4 is 5.32 Å². The van der Waals surface area contributed by atoms with Gasteiger partial charge < -0.3 is 10.4 Å². The summed E-state index contributed by atoms with van der Waals surface area (Å²) in [5, 5.41) is 17.0. The van der Waals surface area contributed by atoms with Gasteiger partial charge >= 0.3 is 0 Å². The molecule has 0 aliphatic rings.